The molecular formula is C22H30FN3O2. The van der Waals surface area contributed by atoms with Crippen molar-refractivity contribution in [3.63, 3.8) is 0 Å². The van der Waals surface area contributed by atoms with Gasteiger partial charge in [-0.1, -0.05) is 19.1 Å². The molecule has 0 amide bonds. The number of benzene rings is 1. The van der Waals surface area contributed by atoms with Crippen molar-refractivity contribution in [2.24, 2.45) is 5.41 Å². The minimum atomic E-state index is -0.310. The molecule has 3 rings (SSSR count). The fraction of sp³-hybridized carbons (Fsp3) is 0.545. The van der Waals surface area contributed by atoms with E-state index in [9.17, 15) is 4.39 Å². The van der Waals surface area contributed by atoms with Crippen LogP contribution in [0.5, 0.6) is 11.6 Å². The van der Waals surface area contributed by atoms with E-state index < -0.39 is 0 Å². The maximum atomic E-state index is 13.8. The molecule has 1 aliphatic heterocycles. The molecular weight excluding hydrogens is 357 g/mol. The lowest BCUT2D eigenvalue weighted by molar-refractivity contribution is 0.0616. The smallest absolute Gasteiger partial charge is 0.237 e. The summed E-state index contributed by atoms with van der Waals surface area (Å²) in [6.07, 6.45) is 5.34. The van der Waals surface area contributed by atoms with Gasteiger partial charge in [-0.05, 0) is 58.8 Å². The van der Waals surface area contributed by atoms with Gasteiger partial charge in [0.25, 0.3) is 0 Å². The normalized spacial score (nSPS) is 17.3. The van der Waals surface area contributed by atoms with Gasteiger partial charge in [0.05, 0.1) is 6.61 Å². The molecule has 0 bridgehead atoms. The molecule has 1 fully saturated rings. The molecule has 1 aromatic heterocycles. The second-order valence-electron chi connectivity index (χ2n) is 8.83. The Morgan fingerprint density at radius 3 is 2.46 bits per heavy atom. The van der Waals surface area contributed by atoms with Crippen molar-refractivity contribution in [3.8, 4) is 11.6 Å². The van der Waals surface area contributed by atoms with Gasteiger partial charge in [0, 0.05) is 24.4 Å². The molecule has 0 unspecified atom stereocenters. The zero-order chi connectivity index (χ0) is 20.2. The van der Waals surface area contributed by atoms with E-state index in [4.69, 9.17) is 9.47 Å². The number of rotatable bonds is 6. The summed E-state index contributed by atoms with van der Waals surface area (Å²) in [7, 11) is 0. The molecule has 0 N–H and O–H groups in total. The number of piperidine rings is 1. The van der Waals surface area contributed by atoms with Crippen LogP contribution in [0.25, 0.3) is 0 Å². The standard InChI is InChI=1S/C22H30FN3O2/c1-21(2,3)28-20-18(24-11-12-25-20)15-26-13-9-22(4,10-14-26)16-27-19-8-6-5-7-17(19)23/h5-8,11-12H,9-10,13-16H2,1-4H3. The third-order valence-corrected chi connectivity index (χ3v) is 4.99. The Morgan fingerprint density at radius 2 is 1.79 bits per heavy atom. The summed E-state index contributed by atoms with van der Waals surface area (Å²) in [6, 6.07) is 6.57. The lowest BCUT2D eigenvalue weighted by Gasteiger charge is -2.39. The third-order valence-electron chi connectivity index (χ3n) is 4.99. The Hall–Kier alpha value is -2.21. The van der Waals surface area contributed by atoms with Crippen molar-refractivity contribution < 1.29 is 13.9 Å². The Labute approximate surface area is 166 Å². The van der Waals surface area contributed by atoms with Gasteiger partial charge >= 0.3 is 0 Å². The van der Waals surface area contributed by atoms with Crippen LogP contribution < -0.4 is 9.47 Å². The van der Waals surface area contributed by atoms with Crippen LogP contribution in [-0.2, 0) is 6.54 Å². The van der Waals surface area contributed by atoms with E-state index in [0.717, 1.165) is 31.6 Å². The second-order valence-corrected chi connectivity index (χ2v) is 8.83. The first kappa shape index (κ1) is 20.5. The molecule has 1 aliphatic rings. The van der Waals surface area contributed by atoms with E-state index >= 15 is 0 Å². The number of ether oxygens (including phenoxy) is 2. The molecule has 0 radical (unpaired) electrons. The lowest BCUT2D eigenvalue weighted by atomic mass is 9.81. The highest BCUT2D eigenvalue weighted by molar-refractivity contribution is 5.23. The number of hydrogen-bond donors (Lipinski definition) is 0. The molecule has 0 spiro atoms. The van der Waals surface area contributed by atoms with Gasteiger partial charge in [0.1, 0.15) is 11.3 Å². The van der Waals surface area contributed by atoms with E-state index in [-0.39, 0.29) is 16.8 Å². The monoisotopic (exact) mass is 387 g/mol. The maximum Gasteiger partial charge on any atom is 0.237 e. The van der Waals surface area contributed by atoms with Crippen molar-refractivity contribution in [1.82, 2.24) is 14.9 Å². The van der Waals surface area contributed by atoms with Crippen LogP contribution >= 0.6 is 0 Å². The number of nitrogens with zero attached hydrogens (tertiary/aromatic N) is 3. The van der Waals surface area contributed by atoms with Crippen LogP contribution in [0.1, 0.15) is 46.2 Å². The largest absolute Gasteiger partial charge is 0.490 e. The van der Waals surface area contributed by atoms with E-state index in [1.165, 1.54) is 6.07 Å². The molecule has 1 aromatic carbocycles. The van der Waals surface area contributed by atoms with Gasteiger partial charge in [-0.15, -0.1) is 0 Å². The van der Waals surface area contributed by atoms with Crippen molar-refractivity contribution >= 4 is 0 Å². The zero-order valence-electron chi connectivity index (χ0n) is 17.2. The SMILES string of the molecule is CC1(COc2ccccc2F)CCN(Cc2nccnc2OC(C)(C)C)CC1. The van der Waals surface area contributed by atoms with Crippen LogP contribution in [0.4, 0.5) is 4.39 Å². The van der Waals surface area contributed by atoms with Crippen molar-refractivity contribution in [3.05, 3.63) is 48.2 Å². The summed E-state index contributed by atoms with van der Waals surface area (Å²) >= 11 is 0. The first-order chi connectivity index (χ1) is 13.2. The van der Waals surface area contributed by atoms with E-state index in [1.54, 1.807) is 30.6 Å². The van der Waals surface area contributed by atoms with E-state index in [0.29, 0.717) is 24.8 Å². The molecule has 2 heterocycles. The van der Waals surface area contributed by atoms with Crippen LogP contribution in [0, 0.1) is 11.2 Å². The van der Waals surface area contributed by atoms with E-state index in [1.807, 2.05) is 20.8 Å². The average molecular weight is 387 g/mol. The summed E-state index contributed by atoms with van der Waals surface area (Å²) in [5.41, 5.74) is 0.588. The summed E-state index contributed by atoms with van der Waals surface area (Å²) in [6.45, 7) is 11.3. The summed E-state index contributed by atoms with van der Waals surface area (Å²) in [5, 5.41) is 0. The molecule has 6 heteroatoms. The molecule has 0 aliphatic carbocycles. The van der Waals surface area contributed by atoms with Gasteiger partial charge in [-0.25, -0.2) is 9.37 Å². The lowest BCUT2D eigenvalue weighted by Crippen LogP contribution is -2.41. The predicted molar refractivity (Wildman–Crippen MR) is 107 cm³/mol. The van der Waals surface area contributed by atoms with Gasteiger partial charge < -0.3 is 9.47 Å². The molecule has 0 saturated carbocycles. The fourth-order valence-corrected chi connectivity index (χ4v) is 3.26. The van der Waals surface area contributed by atoms with E-state index in [2.05, 4.69) is 21.8 Å². The van der Waals surface area contributed by atoms with Gasteiger partial charge in [0.15, 0.2) is 11.6 Å². The topological polar surface area (TPSA) is 47.5 Å². The predicted octanol–water partition coefficient (Wildman–Crippen LogP) is 4.47. The zero-order valence-corrected chi connectivity index (χ0v) is 17.2. The van der Waals surface area contributed by atoms with Gasteiger partial charge in [0.2, 0.25) is 5.88 Å². The second kappa shape index (κ2) is 8.43. The third kappa shape index (κ3) is 5.64. The quantitative estimate of drug-likeness (QED) is 0.732. The van der Waals surface area contributed by atoms with Gasteiger partial charge in [-0.3, -0.25) is 9.88 Å². The first-order valence-corrected chi connectivity index (χ1v) is 9.83. The molecule has 0 atom stereocenters. The highest BCUT2D eigenvalue weighted by Crippen LogP contribution is 2.33. The Morgan fingerprint density at radius 1 is 1.11 bits per heavy atom. The number of para-hydroxylation sites is 1. The molecule has 1 saturated heterocycles. The van der Waals surface area contributed by atoms with Crippen LogP contribution in [0.2, 0.25) is 0 Å². The minimum Gasteiger partial charge on any atom is -0.490 e. The van der Waals surface area contributed by atoms with Crippen molar-refractivity contribution in [1.29, 1.82) is 0 Å². The highest BCUT2D eigenvalue weighted by atomic mass is 19.1. The minimum absolute atomic E-state index is 0.0336. The Bertz CT molecular complexity index is 783. The van der Waals surface area contributed by atoms with Crippen LogP contribution in [0.15, 0.2) is 36.7 Å². The first-order valence-electron chi connectivity index (χ1n) is 9.83. The van der Waals surface area contributed by atoms with Crippen LogP contribution in [-0.4, -0.2) is 40.2 Å². The molecule has 5 nitrogen and oxygen atoms in total. The summed E-state index contributed by atoms with van der Waals surface area (Å²) in [4.78, 5) is 11.2. The van der Waals surface area contributed by atoms with Crippen molar-refractivity contribution in [2.75, 3.05) is 19.7 Å². The number of hydrogen-bond acceptors (Lipinski definition) is 5. The van der Waals surface area contributed by atoms with Gasteiger partial charge in [-0.2, -0.15) is 0 Å². The summed E-state index contributed by atoms with van der Waals surface area (Å²) in [5.74, 6) is 0.624. The molecule has 2 aromatic rings. The Balaban J connectivity index is 1.55. The number of halogens is 1. The van der Waals surface area contributed by atoms with Crippen LogP contribution in [0.3, 0.4) is 0 Å². The number of likely N-dealkylation sites (tertiary alicyclic amines) is 1. The average Bonchev–Trinajstić information content (AvgIpc) is 2.64. The molecule has 28 heavy (non-hydrogen) atoms. The fourth-order valence-electron chi connectivity index (χ4n) is 3.26. The molecule has 152 valence electrons. The highest BCUT2D eigenvalue weighted by Gasteiger charge is 2.32. The Kier molecular flexibility index (Phi) is 6.18. The van der Waals surface area contributed by atoms with Crippen molar-refractivity contribution in [2.45, 2.75) is 52.7 Å². The maximum absolute atomic E-state index is 13.8. The summed E-state index contributed by atoms with van der Waals surface area (Å²) < 4.78 is 25.5. The number of aromatic nitrogens is 2.